The van der Waals surface area contributed by atoms with E-state index in [1.807, 2.05) is 31.2 Å². The number of rotatable bonds is 12. The molecule has 3 rings (SSSR count). The van der Waals surface area contributed by atoms with E-state index >= 15 is 0 Å². The zero-order valence-corrected chi connectivity index (χ0v) is 20.4. The zero-order valence-electron chi connectivity index (χ0n) is 19.6. The fourth-order valence-corrected chi connectivity index (χ4v) is 4.06. The molecule has 35 heavy (non-hydrogen) atoms. The monoisotopic (exact) mass is 496 g/mol. The Morgan fingerprint density at radius 2 is 1.46 bits per heavy atom. The number of nitrogens with one attached hydrogen (secondary N) is 2. The van der Waals surface area contributed by atoms with Crippen molar-refractivity contribution in [3.05, 3.63) is 84.4 Å². The molecule has 0 aliphatic carbocycles. The van der Waals surface area contributed by atoms with Crippen LogP contribution < -0.4 is 24.2 Å². The van der Waals surface area contributed by atoms with E-state index in [-0.39, 0.29) is 10.8 Å². The fourth-order valence-electron chi connectivity index (χ4n) is 3.00. The van der Waals surface area contributed by atoms with Gasteiger partial charge in [-0.25, -0.2) is 8.42 Å². The summed E-state index contributed by atoms with van der Waals surface area (Å²) in [7, 11) is -2.20. The molecule has 0 spiro atoms. The van der Waals surface area contributed by atoms with Crippen LogP contribution in [0.15, 0.2) is 83.8 Å². The van der Waals surface area contributed by atoms with Crippen molar-refractivity contribution < 1.29 is 27.4 Å². The zero-order chi connectivity index (χ0) is 25.1. The van der Waals surface area contributed by atoms with Crippen LogP contribution in [0.3, 0.4) is 0 Å². The molecule has 1 amide bonds. The lowest BCUT2D eigenvalue weighted by molar-refractivity contribution is -0.116. The van der Waals surface area contributed by atoms with Crippen LogP contribution in [0.5, 0.6) is 17.2 Å². The summed E-state index contributed by atoms with van der Waals surface area (Å²) >= 11 is 0. The molecule has 9 heteroatoms. The average Bonchev–Trinajstić information content (AvgIpc) is 2.87. The van der Waals surface area contributed by atoms with Gasteiger partial charge in [-0.15, -0.1) is 0 Å². The van der Waals surface area contributed by atoms with Gasteiger partial charge in [0.1, 0.15) is 23.9 Å². The molecular formula is C26H28N2O6S. The van der Waals surface area contributed by atoms with Crippen LogP contribution in [0.25, 0.3) is 6.08 Å². The van der Waals surface area contributed by atoms with E-state index in [0.29, 0.717) is 42.5 Å². The Bertz CT molecular complexity index is 1220. The van der Waals surface area contributed by atoms with Crippen LogP contribution in [0, 0.1) is 0 Å². The summed E-state index contributed by atoms with van der Waals surface area (Å²) < 4.78 is 43.7. The highest BCUT2D eigenvalue weighted by atomic mass is 32.2. The van der Waals surface area contributed by atoms with E-state index in [1.165, 1.54) is 25.3 Å². The van der Waals surface area contributed by atoms with E-state index in [2.05, 4.69) is 10.0 Å². The molecule has 0 saturated carbocycles. The van der Waals surface area contributed by atoms with E-state index in [9.17, 15) is 13.2 Å². The number of anilines is 1. The van der Waals surface area contributed by atoms with E-state index in [0.717, 1.165) is 5.75 Å². The molecule has 0 aromatic heterocycles. The summed E-state index contributed by atoms with van der Waals surface area (Å²) in [5, 5.41) is 2.74. The highest BCUT2D eigenvalue weighted by Gasteiger charge is 2.13. The fraction of sp³-hybridized carbons (Fsp3) is 0.192. The minimum atomic E-state index is -3.74. The molecule has 0 aliphatic heterocycles. The van der Waals surface area contributed by atoms with Gasteiger partial charge >= 0.3 is 0 Å². The van der Waals surface area contributed by atoms with Crippen molar-refractivity contribution in [2.24, 2.45) is 0 Å². The summed E-state index contributed by atoms with van der Waals surface area (Å²) in [6, 6.07) is 20.1. The summed E-state index contributed by atoms with van der Waals surface area (Å²) in [5.41, 5.74) is 1.12. The molecule has 0 saturated heterocycles. The maximum absolute atomic E-state index is 12.6. The lowest BCUT2D eigenvalue weighted by atomic mass is 10.2. The number of carbonyl (C=O) groups excluding carboxylic acids is 1. The van der Waals surface area contributed by atoms with Gasteiger partial charge in [-0.3, -0.25) is 9.52 Å². The molecule has 0 aliphatic rings. The van der Waals surface area contributed by atoms with Gasteiger partial charge in [-0.2, -0.15) is 0 Å². The molecule has 3 aromatic rings. The summed E-state index contributed by atoms with van der Waals surface area (Å²) in [4.78, 5) is 12.1. The number of carbonyl (C=O) groups is 1. The number of sulfonamides is 1. The molecule has 3 aromatic carbocycles. The number of ether oxygens (including phenoxy) is 3. The van der Waals surface area contributed by atoms with Crippen molar-refractivity contribution in [3.8, 4) is 17.2 Å². The van der Waals surface area contributed by atoms with Crippen molar-refractivity contribution in [3.63, 3.8) is 0 Å². The number of methoxy groups -OCH3 is 1. The highest BCUT2D eigenvalue weighted by Crippen LogP contribution is 2.20. The third-order valence-corrected chi connectivity index (χ3v) is 6.16. The number of hydrogen-bond acceptors (Lipinski definition) is 6. The molecule has 0 unspecified atom stereocenters. The second-order valence-corrected chi connectivity index (χ2v) is 8.96. The summed E-state index contributed by atoms with van der Waals surface area (Å²) in [6.07, 6.45) is 2.99. The maximum atomic E-state index is 12.6. The van der Waals surface area contributed by atoms with E-state index < -0.39 is 10.0 Å². The van der Waals surface area contributed by atoms with E-state index in [1.54, 1.807) is 42.5 Å². The largest absolute Gasteiger partial charge is 0.497 e. The quantitative estimate of drug-likeness (QED) is 0.289. The van der Waals surface area contributed by atoms with Gasteiger partial charge in [0.25, 0.3) is 10.0 Å². The van der Waals surface area contributed by atoms with Crippen LogP contribution in [-0.2, 0) is 14.8 Å². The van der Waals surface area contributed by atoms with Gasteiger partial charge in [-0.1, -0.05) is 12.1 Å². The molecule has 0 radical (unpaired) electrons. The van der Waals surface area contributed by atoms with Crippen LogP contribution in [0.1, 0.15) is 12.5 Å². The Morgan fingerprint density at radius 1 is 0.857 bits per heavy atom. The number of benzene rings is 3. The molecule has 0 atom stereocenters. The molecule has 184 valence electrons. The molecule has 2 N–H and O–H groups in total. The van der Waals surface area contributed by atoms with Crippen molar-refractivity contribution in [1.82, 2.24) is 5.32 Å². The van der Waals surface area contributed by atoms with Crippen molar-refractivity contribution in [2.45, 2.75) is 11.8 Å². The second kappa shape index (κ2) is 12.5. The molecule has 0 fully saturated rings. The lowest BCUT2D eigenvalue weighted by Gasteiger charge is -2.09. The first-order valence-corrected chi connectivity index (χ1v) is 12.5. The Hall–Kier alpha value is -3.98. The Morgan fingerprint density at radius 3 is 2.06 bits per heavy atom. The van der Waals surface area contributed by atoms with Gasteiger partial charge in [0.15, 0.2) is 0 Å². The van der Waals surface area contributed by atoms with Crippen LogP contribution in [-0.4, -0.2) is 41.2 Å². The van der Waals surface area contributed by atoms with E-state index in [4.69, 9.17) is 14.2 Å². The topological polar surface area (TPSA) is 103 Å². The predicted octanol–water partition coefficient (Wildman–Crippen LogP) is 4.10. The van der Waals surface area contributed by atoms with Crippen molar-refractivity contribution in [2.75, 3.05) is 31.6 Å². The lowest BCUT2D eigenvalue weighted by Crippen LogP contribution is -2.26. The number of hydrogen-bond donors (Lipinski definition) is 2. The van der Waals surface area contributed by atoms with Crippen molar-refractivity contribution >= 4 is 27.7 Å². The SMILES string of the molecule is CCOc1ccc(OCCNC(=O)/C=C/c2ccc(S(=O)(=O)Nc3ccc(OC)cc3)cc2)cc1. The first-order chi connectivity index (χ1) is 16.9. The van der Waals surface area contributed by atoms with Gasteiger partial charge in [0.05, 0.1) is 25.2 Å². The standard InChI is InChI=1S/C26H28N2O6S/c1-3-33-23-11-13-24(14-12-23)34-19-18-27-26(29)17-6-20-4-15-25(16-5-20)35(30,31)28-21-7-9-22(32-2)10-8-21/h4-17,28H,3,18-19H2,1-2H3,(H,27,29)/b17-6+. The highest BCUT2D eigenvalue weighted by molar-refractivity contribution is 7.92. The minimum Gasteiger partial charge on any atom is -0.497 e. The number of amides is 1. The Balaban J connectivity index is 1.45. The van der Waals surface area contributed by atoms with Gasteiger partial charge in [0.2, 0.25) is 5.91 Å². The van der Waals surface area contributed by atoms with Crippen LogP contribution in [0.2, 0.25) is 0 Å². The normalized spacial score (nSPS) is 11.1. The van der Waals surface area contributed by atoms with Gasteiger partial charge in [-0.05, 0) is 79.2 Å². The molecular weight excluding hydrogens is 468 g/mol. The predicted molar refractivity (Wildman–Crippen MR) is 135 cm³/mol. The first-order valence-electron chi connectivity index (χ1n) is 11.0. The summed E-state index contributed by atoms with van der Waals surface area (Å²) in [6.45, 7) is 3.18. The smallest absolute Gasteiger partial charge is 0.261 e. The van der Waals surface area contributed by atoms with Gasteiger partial charge < -0.3 is 19.5 Å². The molecule has 0 bridgehead atoms. The Labute approximate surface area is 205 Å². The van der Waals surface area contributed by atoms with Crippen molar-refractivity contribution in [1.29, 1.82) is 0 Å². The van der Waals surface area contributed by atoms with Crippen LogP contribution >= 0.6 is 0 Å². The Kier molecular flexibility index (Phi) is 9.14. The van der Waals surface area contributed by atoms with Crippen LogP contribution in [0.4, 0.5) is 5.69 Å². The minimum absolute atomic E-state index is 0.112. The first kappa shape index (κ1) is 25.6. The summed E-state index contributed by atoms with van der Waals surface area (Å²) in [5.74, 6) is 1.82. The van der Waals surface area contributed by atoms with Gasteiger partial charge in [0, 0.05) is 11.8 Å². The molecule has 8 nitrogen and oxygen atoms in total. The third kappa shape index (κ3) is 8.08. The third-order valence-electron chi connectivity index (χ3n) is 4.76. The second-order valence-electron chi connectivity index (χ2n) is 7.28. The maximum Gasteiger partial charge on any atom is 0.261 e. The average molecular weight is 497 g/mol. The molecule has 0 heterocycles.